The summed E-state index contributed by atoms with van der Waals surface area (Å²) in [6.07, 6.45) is 2.51. The monoisotopic (exact) mass is 348 g/mol. The molecule has 1 atom stereocenters. The first-order valence-electron chi connectivity index (χ1n) is 6.52. The van der Waals surface area contributed by atoms with Crippen LogP contribution in [0.4, 0.5) is 0 Å². The van der Waals surface area contributed by atoms with Crippen LogP contribution in [0.3, 0.4) is 0 Å². The number of carbonyl (C=O) groups excluding carboxylic acids is 2. The van der Waals surface area contributed by atoms with Crippen molar-refractivity contribution < 1.29 is 9.59 Å². The number of amides is 2. The molecule has 2 amide bonds. The summed E-state index contributed by atoms with van der Waals surface area (Å²) in [6.45, 7) is 2.35. The molecule has 1 rings (SSSR count). The zero-order valence-corrected chi connectivity index (χ0v) is 14.2. The zero-order chi connectivity index (χ0) is 15.8. The smallest absolute Gasteiger partial charge is 0.253 e. The van der Waals surface area contributed by atoms with Crippen molar-refractivity contribution in [3.63, 3.8) is 0 Å². The van der Waals surface area contributed by atoms with Crippen molar-refractivity contribution in [1.82, 2.24) is 10.6 Å². The van der Waals surface area contributed by atoms with Crippen LogP contribution in [0.5, 0.6) is 0 Å². The quantitative estimate of drug-likeness (QED) is 0.796. The first-order chi connectivity index (χ1) is 9.99. The molecule has 0 heterocycles. The molecule has 4 nitrogen and oxygen atoms in total. The van der Waals surface area contributed by atoms with E-state index in [1.165, 1.54) is 6.07 Å². The summed E-state index contributed by atoms with van der Waals surface area (Å²) in [5.41, 5.74) is 0.305. The van der Waals surface area contributed by atoms with E-state index in [1.54, 1.807) is 23.9 Å². The van der Waals surface area contributed by atoms with Gasteiger partial charge in [-0.05, 0) is 43.6 Å². The number of thioether (sulfide) groups is 1. The van der Waals surface area contributed by atoms with E-state index >= 15 is 0 Å². The van der Waals surface area contributed by atoms with Crippen LogP contribution in [0.1, 0.15) is 23.7 Å². The van der Waals surface area contributed by atoms with E-state index in [4.69, 9.17) is 23.2 Å². The maximum absolute atomic E-state index is 12.2. The molecule has 0 aromatic heterocycles. The van der Waals surface area contributed by atoms with Crippen LogP contribution < -0.4 is 10.6 Å². The summed E-state index contributed by atoms with van der Waals surface area (Å²) in [5, 5.41) is 6.16. The second-order valence-corrected chi connectivity index (χ2v) is 6.16. The van der Waals surface area contributed by atoms with E-state index in [9.17, 15) is 9.59 Å². The molecule has 1 unspecified atom stereocenters. The van der Waals surface area contributed by atoms with Crippen LogP contribution in [0.2, 0.25) is 10.0 Å². The second kappa shape index (κ2) is 9.18. The summed E-state index contributed by atoms with van der Waals surface area (Å²) < 4.78 is 0. The van der Waals surface area contributed by atoms with Crippen LogP contribution >= 0.6 is 35.0 Å². The van der Waals surface area contributed by atoms with Gasteiger partial charge in [-0.1, -0.05) is 23.2 Å². The van der Waals surface area contributed by atoms with Gasteiger partial charge < -0.3 is 10.6 Å². The highest BCUT2D eigenvalue weighted by molar-refractivity contribution is 7.98. The van der Waals surface area contributed by atoms with E-state index in [-0.39, 0.29) is 16.8 Å². The Morgan fingerprint density at radius 2 is 2.05 bits per heavy atom. The summed E-state index contributed by atoms with van der Waals surface area (Å²) in [6, 6.07) is 4.06. The molecule has 0 spiro atoms. The summed E-state index contributed by atoms with van der Waals surface area (Å²) >= 11 is 13.4. The maximum Gasteiger partial charge on any atom is 0.253 e. The molecule has 0 aliphatic heterocycles. The molecule has 0 aliphatic rings. The molecule has 7 heteroatoms. The molecule has 1 aromatic carbocycles. The Labute approximate surface area is 139 Å². The first kappa shape index (κ1) is 18.1. The lowest BCUT2D eigenvalue weighted by Gasteiger charge is -2.18. The lowest BCUT2D eigenvalue weighted by molar-refractivity contribution is -0.122. The number of hydrogen-bond acceptors (Lipinski definition) is 3. The first-order valence-corrected chi connectivity index (χ1v) is 8.67. The SMILES string of the molecule is CCNC(=O)C(CCSC)NC(=O)c1ccc(Cl)cc1Cl. The summed E-state index contributed by atoms with van der Waals surface area (Å²) in [4.78, 5) is 24.2. The van der Waals surface area contributed by atoms with Gasteiger partial charge in [-0.15, -0.1) is 0 Å². The Morgan fingerprint density at radius 1 is 1.33 bits per heavy atom. The summed E-state index contributed by atoms with van der Waals surface area (Å²) in [5.74, 6) is 0.204. The van der Waals surface area contributed by atoms with Gasteiger partial charge in [-0.25, -0.2) is 0 Å². The maximum atomic E-state index is 12.2. The molecule has 0 saturated heterocycles. The Balaban J connectivity index is 2.81. The Morgan fingerprint density at radius 3 is 2.62 bits per heavy atom. The van der Waals surface area contributed by atoms with Crippen LogP contribution in [0.25, 0.3) is 0 Å². The molecule has 2 N–H and O–H groups in total. The third kappa shape index (κ3) is 5.77. The Bertz CT molecular complexity index is 512. The molecule has 0 bridgehead atoms. The van der Waals surface area contributed by atoms with Gasteiger partial charge in [-0.3, -0.25) is 9.59 Å². The number of carbonyl (C=O) groups is 2. The fourth-order valence-electron chi connectivity index (χ4n) is 1.71. The predicted molar refractivity (Wildman–Crippen MR) is 89.4 cm³/mol. The topological polar surface area (TPSA) is 58.2 Å². The molecule has 0 aliphatic carbocycles. The highest BCUT2D eigenvalue weighted by Gasteiger charge is 2.21. The standard InChI is InChI=1S/C14H18Cl2N2O2S/c1-3-17-14(20)12(6-7-21-2)18-13(19)10-5-4-9(15)8-11(10)16/h4-5,8,12H,3,6-7H2,1-2H3,(H,17,20)(H,18,19). The van der Waals surface area contributed by atoms with Crippen LogP contribution in [0.15, 0.2) is 18.2 Å². The average molecular weight is 349 g/mol. The molecular weight excluding hydrogens is 331 g/mol. The van der Waals surface area contributed by atoms with Gasteiger partial charge in [-0.2, -0.15) is 11.8 Å². The van der Waals surface area contributed by atoms with Gasteiger partial charge in [0.1, 0.15) is 6.04 Å². The molecular formula is C14H18Cl2N2O2S. The normalized spacial score (nSPS) is 11.8. The molecule has 0 fully saturated rings. The highest BCUT2D eigenvalue weighted by Crippen LogP contribution is 2.21. The minimum absolute atomic E-state index is 0.190. The largest absolute Gasteiger partial charge is 0.355 e. The van der Waals surface area contributed by atoms with Crippen molar-refractivity contribution in [3.8, 4) is 0 Å². The molecule has 21 heavy (non-hydrogen) atoms. The number of hydrogen-bond donors (Lipinski definition) is 2. The molecule has 0 saturated carbocycles. The van der Waals surface area contributed by atoms with E-state index in [0.717, 1.165) is 5.75 Å². The minimum atomic E-state index is -0.573. The van der Waals surface area contributed by atoms with Crippen LogP contribution in [-0.2, 0) is 4.79 Å². The fourth-order valence-corrected chi connectivity index (χ4v) is 2.68. The second-order valence-electron chi connectivity index (χ2n) is 4.33. The Kier molecular flexibility index (Phi) is 7.93. The predicted octanol–water partition coefficient (Wildman–Crippen LogP) is 2.98. The van der Waals surface area contributed by atoms with Gasteiger partial charge in [0.25, 0.3) is 5.91 Å². The van der Waals surface area contributed by atoms with E-state index < -0.39 is 6.04 Å². The minimum Gasteiger partial charge on any atom is -0.355 e. The lowest BCUT2D eigenvalue weighted by atomic mass is 10.1. The highest BCUT2D eigenvalue weighted by atomic mass is 35.5. The zero-order valence-electron chi connectivity index (χ0n) is 11.9. The van der Waals surface area contributed by atoms with Crippen molar-refractivity contribution >= 4 is 46.8 Å². The van der Waals surface area contributed by atoms with Gasteiger partial charge in [0.05, 0.1) is 10.6 Å². The number of rotatable bonds is 7. The average Bonchev–Trinajstić information content (AvgIpc) is 2.43. The van der Waals surface area contributed by atoms with Crippen molar-refractivity contribution in [3.05, 3.63) is 33.8 Å². The van der Waals surface area contributed by atoms with Crippen molar-refractivity contribution in [1.29, 1.82) is 0 Å². The van der Waals surface area contributed by atoms with E-state index in [1.807, 2.05) is 13.2 Å². The fraction of sp³-hybridized carbons (Fsp3) is 0.429. The number of likely N-dealkylation sites (N-methyl/N-ethyl adjacent to an activating group) is 1. The van der Waals surface area contributed by atoms with E-state index in [0.29, 0.717) is 23.6 Å². The van der Waals surface area contributed by atoms with Crippen molar-refractivity contribution in [2.45, 2.75) is 19.4 Å². The summed E-state index contributed by atoms with van der Waals surface area (Å²) in [7, 11) is 0. The third-order valence-corrected chi connectivity index (χ3v) is 3.95. The van der Waals surface area contributed by atoms with E-state index in [2.05, 4.69) is 10.6 Å². The van der Waals surface area contributed by atoms with Crippen molar-refractivity contribution in [2.24, 2.45) is 0 Å². The third-order valence-electron chi connectivity index (χ3n) is 2.76. The van der Waals surface area contributed by atoms with Gasteiger partial charge in [0.15, 0.2) is 0 Å². The molecule has 116 valence electrons. The van der Waals surface area contributed by atoms with Gasteiger partial charge in [0, 0.05) is 11.6 Å². The lowest BCUT2D eigenvalue weighted by Crippen LogP contribution is -2.47. The number of benzene rings is 1. The number of halogens is 2. The van der Waals surface area contributed by atoms with Crippen molar-refractivity contribution in [2.75, 3.05) is 18.6 Å². The number of nitrogens with one attached hydrogen (secondary N) is 2. The van der Waals surface area contributed by atoms with Gasteiger partial charge in [0.2, 0.25) is 5.91 Å². The Hall–Kier alpha value is -0.910. The molecule has 1 aromatic rings. The van der Waals surface area contributed by atoms with Crippen LogP contribution in [-0.4, -0.2) is 36.4 Å². The molecule has 0 radical (unpaired) electrons. The van der Waals surface area contributed by atoms with Crippen LogP contribution in [0, 0.1) is 0 Å². The van der Waals surface area contributed by atoms with Gasteiger partial charge >= 0.3 is 0 Å².